The second-order valence-electron chi connectivity index (χ2n) is 6.73. The van der Waals surface area contributed by atoms with Crippen LogP contribution in [0.1, 0.15) is 32.4 Å². The Kier molecular flexibility index (Phi) is 6.04. The van der Waals surface area contributed by atoms with Crippen LogP contribution < -0.4 is 16.0 Å². The largest absolute Gasteiger partial charge is 0.467 e. The molecule has 146 valence electrons. The summed E-state index contributed by atoms with van der Waals surface area (Å²) in [6.45, 7) is 6.25. The van der Waals surface area contributed by atoms with Gasteiger partial charge in [0.05, 0.1) is 18.1 Å². The van der Waals surface area contributed by atoms with E-state index in [1.807, 2.05) is 16.7 Å². The van der Waals surface area contributed by atoms with Gasteiger partial charge in [-0.05, 0) is 37.8 Å². The van der Waals surface area contributed by atoms with Crippen LogP contribution in [0.15, 0.2) is 28.0 Å². The first-order valence-electron chi connectivity index (χ1n) is 8.91. The predicted molar refractivity (Wildman–Crippen MR) is 101 cm³/mol. The Bertz CT molecular complexity index is 783. The maximum Gasteiger partial charge on any atom is 0.318 e. The molecule has 0 aliphatic carbocycles. The van der Waals surface area contributed by atoms with Gasteiger partial charge < -0.3 is 15.1 Å². The third-order valence-electron chi connectivity index (χ3n) is 4.56. The fraction of sp³-hybridized carbons (Fsp3) is 0.529. The summed E-state index contributed by atoms with van der Waals surface area (Å²) in [4.78, 5) is 25.1. The van der Waals surface area contributed by atoms with E-state index in [1.165, 1.54) is 11.8 Å². The molecule has 2 aromatic heterocycles. The van der Waals surface area contributed by atoms with Gasteiger partial charge in [0.15, 0.2) is 5.16 Å². The van der Waals surface area contributed by atoms with E-state index in [0.717, 1.165) is 37.6 Å². The van der Waals surface area contributed by atoms with Crippen molar-refractivity contribution in [1.29, 1.82) is 0 Å². The molecule has 0 saturated carbocycles. The number of amides is 3. The molecule has 27 heavy (non-hydrogen) atoms. The highest BCUT2D eigenvalue weighted by molar-refractivity contribution is 8.00. The zero-order chi connectivity index (χ0) is 19.4. The van der Waals surface area contributed by atoms with E-state index in [1.54, 1.807) is 13.2 Å². The van der Waals surface area contributed by atoms with Gasteiger partial charge in [-0.1, -0.05) is 18.7 Å². The SMILES string of the molecule is CC1CCN(c2nnc(S[C@@H](C)C(=O)NC(N)=O)n2Cc2ccco2)CC1. The third kappa shape index (κ3) is 4.82. The molecule has 0 spiro atoms. The molecule has 3 heterocycles. The molecule has 0 unspecified atom stereocenters. The fourth-order valence-corrected chi connectivity index (χ4v) is 3.79. The minimum atomic E-state index is -0.868. The highest BCUT2D eigenvalue weighted by atomic mass is 32.2. The van der Waals surface area contributed by atoms with Crippen molar-refractivity contribution < 1.29 is 14.0 Å². The smallest absolute Gasteiger partial charge is 0.318 e. The van der Waals surface area contributed by atoms with E-state index < -0.39 is 17.2 Å². The quantitative estimate of drug-likeness (QED) is 0.720. The molecule has 2 aromatic rings. The van der Waals surface area contributed by atoms with Gasteiger partial charge in [0.25, 0.3) is 0 Å². The maximum atomic E-state index is 12.0. The number of hydrogen-bond acceptors (Lipinski definition) is 7. The molecular formula is C17H24N6O3S. The van der Waals surface area contributed by atoms with Gasteiger partial charge in [0.2, 0.25) is 11.9 Å². The zero-order valence-corrected chi connectivity index (χ0v) is 16.2. The molecule has 1 aliphatic heterocycles. The third-order valence-corrected chi connectivity index (χ3v) is 5.64. The lowest BCUT2D eigenvalue weighted by Gasteiger charge is -2.31. The van der Waals surface area contributed by atoms with Crippen LogP contribution in [0.2, 0.25) is 0 Å². The van der Waals surface area contributed by atoms with Crippen molar-refractivity contribution in [2.45, 2.75) is 43.6 Å². The summed E-state index contributed by atoms with van der Waals surface area (Å²) in [5.74, 6) is 1.78. The van der Waals surface area contributed by atoms with Gasteiger partial charge in [-0.3, -0.25) is 14.7 Å². The van der Waals surface area contributed by atoms with Crippen molar-refractivity contribution in [2.75, 3.05) is 18.0 Å². The fourth-order valence-electron chi connectivity index (χ4n) is 2.94. The number of primary amides is 1. The number of carbonyl (C=O) groups excluding carboxylic acids is 2. The minimum Gasteiger partial charge on any atom is -0.467 e. The first kappa shape index (κ1) is 19.3. The summed E-state index contributed by atoms with van der Waals surface area (Å²) in [6.07, 6.45) is 3.83. The molecule has 1 atom stereocenters. The molecule has 10 heteroatoms. The number of furan rings is 1. The Hall–Kier alpha value is -2.49. The Morgan fingerprint density at radius 3 is 2.78 bits per heavy atom. The topological polar surface area (TPSA) is 119 Å². The van der Waals surface area contributed by atoms with Gasteiger partial charge in [-0.2, -0.15) is 0 Å². The van der Waals surface area contributed by atoms with E-state index in [0.29, 0.717) is 17.6 Å². The van der Waals surface area contributed by atoms with E-state index in [-0.39, 0.29) is 0 Å². The highest BCUT2D eigenvalue weighted by Crippen LogP contribution is 2.29. The van der Waals surface area contributed by atoms with Gasteiger partial charge >= 0.3 is 6.03 Å². The number of hydrogen-bond donors (Lipinski definition) is 2. The van der Waals surface area contributed by atoms with Gasteiger partial charge in [-0.15, -0.1) is 10.2 Å². The number of nitrogens with one attached hydrogen (secondary N) is 1. The molecule has 0 aromatic carbocycles. The molecule has 3 N–H and O–H groups in total. The lowest BCUT2D eigenvalue weighted by atomic mass is 10.00. The number of thioether (sulfide) groups is 1. The van der Waals surface area contributed by atoms with Crippen LogP contribution in [0, 0.1) is 5.92 Å². The predicted octanol–water partition coefficient (Wildman–Crippen LogP) is 1.83. The van der Waals surface area contributed by atoms with E-state index in [4.69, 9.17) is 10.2 Å². The first-order chi connectivity index (χ1) is 12.9. The number of carbonyl (C=O) groups is 2. The molecule has 3 amide bonds. The second kappa shape index (κ2) is 8.47. The lowest BCUT2D eigenvalue weighted by Crippen LogP contribution is -2.39. The number of nitrogens with two attached hydrogens (primary N) is 1. The van der Waals surface area contributed by atoms with E-state index in [9.17, 15) is 9.59 Å². The van der Waals surface area contributed by atoms with Crippen LogP contribution in [0.5, 0.6) is 0 Å². The summed E-state index contributed by atoms with van der Waals surface area (Å²) < 4.78 is 7.43. The summed E-state index contributed by atoms with van der Waals surface area (Å²) >= 11 is 1.23. The average Bonchev–Trinajstić information content (AvgIpc) is 3.26. The monoisotopic (exact) mass is 392 g/mol. The zero-order valence-electron chi connectivity index (χ0n) is 15.4. The number of nitrogens with zero attached hydrogens (tertiary/aromatic N) is 4. The first-order valence-corrected chi connectivity index (χ1v) is 9.79. The summed E-state index contributed by atoms with van der Waals surface area (Å²) in [5, 5.41) is 10.8. The Labute approximate surface area is 161 Å². The van der Waals surface area contributed by atoms with Crippen molar-refractivity contribution in [2.24, 2.45) is 11.7 Å². The Morgan fingerprint density at radius 1 is 1.41 bits per heavy atom. The number of imide groups is 1. The van der Waals surface area contributed by atoms with Crippen LogP contribution in [0.3, 0.4) is 0 Å². The van der Waals surface area contributed by atoms with Crippen molar-refractivity contribution >= 4 is 29.6 Å². The summed E-state index contributed by atoms with van der Waals surface area (Å²) in [6, 6.07) is 2.85. The molecule has 1 fully saturated rings. The molecule has 0 bridgehead atoms. The minimum absolute atomic E-state index is 0.464. The molecular weight excluding hydrogens is 368 g/mol. The van der Waals surface area contributed by atoms with Crippen LogP contribution in [0.4, 0.5) is 10.7 Å². The van der Waals surface area contributed by atoms with Crippen molar-refractivity contribution in [3.05, 3.63) is 24.2 Å². The van der Waals surface area contributed by atoms with Crippen LogP contribution in [-0.2, 0) is 11.3 Å². The number of rotatable bonds is 6. The van der Waals surface area contributed by atoms with Crippen LogP contribution in [-0.4, -0.2) is 45.0 Å². The Balaban J connectivity index is 1.82. The highest BCUT2D eigenvalue weighted by Gasteiger charge is 2.25. The summed E-state index contributed by atoms with van der Waals surface area (Å²) in [7, 11) is 0. The molecule has 0 radical (unpaired) electrons. The molecule has 1 saturated heterocycles. The second-order valence-corrected chi connectivity index (χ2v) is 8.04. The Morgan fingerprint density at radius 2 is 2.15 bits per heavy atom. The van der Waals surface area contributed by atoms with Crippen molar-refractivity contribution in [3.8, 4) is 0 Å². The van der Waals surface area contributed by atoms with Crippen LogP contribution in [0.25, 0.3) is 0 Å². The van der Waals surface area contributed by atoms with Crippen LogP contribution >= 0.6 is 11.8 Å². The van der Waals surface area contributed by atoms with Gasteiger partial charge in [0.1, 0.15) is 5.76 Å². The van der Waals surface area contributed by atoms with Gasteiger partial charge in [0, 0.05) is 13.1 Å². The van der Waals surface area contributed by atoms with Crippen molar-refractivity contribution in [1.82, 2.24) is 20.1 Å². The van der Waals surface area contributed by atoms with Crippen molar-refractivity contribution in [3.63, 3.8) is 0 Å². The average molecular weight is 392 g/mol. The van der Waals surface area contributed by atoms with E-state index in [2.05, 4.69) is 27.3 Å². The van der Waals surface area contributed by atoms with Gasteiger partial charge in [-0.25, -0.2) is 4.79 Å². The normalized spacial score (nSPS) is 16.3. The molecule has 3 rings (SSSR count). The number of urea groups is 1. The van der Waals surface area contributed by atoms with E-state index >= 15 is 0 Å². The maximum absolute atomic E-state index is 12.0. The number of piperidine rings is 1. The molecule has 1 aliphatic rings. The summed E-state index contributed by atoms with van der Waals surface area (Å²) in [5.41, 5.74) is 5.03. The number of anilines is 1. The number of aromatic nitrogens is 3. The lowest BCUT2D eigenvalue weighted by molar-refractivity contribution is -0.119. The molecule has 9 nitrogen and oxygen atoms in total. The standard InChI is InChI=1S/C17H24N6O3S/c1-11-5-7-22(8-6-11)16-20-21-17(23(16)10-13-4-3-9-26-13)27-12(2)14(24)19-15(18)25/h3-4,9,11-12H,5-8,10H2,1-2H3,(H3,18,19,24,25)/t12-/m0/s1.